The van der Waals surface area contributed by atoms with Gasteiger partial charge in [0, 0.05) is 11.1 Å². The molecule has 0 bridgehead atoms. The lowest BCUT2D eigenvalue weighted by Crippen LogP contribution is -2.09. The zero-order valence-electron chi connectivity index (χ0n) is 16.8. The van der Waals surface area contributed by atoms with Crippen molar-refractivity contribution in [3.05, 3.63) is 87.7 Å². The van der Waals surface area contributed by atoms with Crippen molar-refractivity contribution in [2.45, 2.75) is 25.9 Å². The molecule has 5 nitrogen and oxygen atoms in total. The van der Waals surface area contributed by atoms with Gasteiger partial charge in [0.1, 0.15) is 23.9 Å². The molecule has 5 rings (SSSR count). The Morgan fingerprint density at radius 2 is 1.87 bits per heavy atom. The molecule has 5 heteroatoms. The predicted molar refractivity (Wildman–Crippen MR) is 117 cm³/mol. The largest absolute Gasteiger partial charge is 0.496 e. The third kappa shape index (κ3) is 3.43. The maximum Gasteiger partial charge on any atom is 0.259 e. The zero-order valence-corrected chi connectivity index (χ0v) is 16.8. The van der Waals surface area contributed by atoms with Gasteiger partial charge in [-0.3, -0.25) is 4.79 Å². The first-order valence-electron chi connectivity index (χ1n) is 10.1. The van der Waals surface area contributed by atoms with Crippen molar-refractivity contribution < 1.29 is 9.47 Å². The molecule has 0 spiro atoms. The summed E-state index contributed by atoms with van der Waals surface area (Å²) in [6, 6.07) is 19.4. The van der Waals surface area contributed by atoms with Crippen LogP contribution in [0, 0.1) is 0 Å². The number of benzene rings is 3. The first-order chi connectivity index (χ1) is 14.7. The van der Waals surface area contributed by atoms with Crippen molar-refractivity contribution in [3.8, 4) is 22.9 Å². The minimum Gasteiger partial charge on any atom is -0.496 e. The van der Waals surface area contributed by atoms with E-state index in [0.717, 1.165) is 35.5 Å². The van der Waals surface area contributed by atoms with Gasteiger partial charge in [-0.2, -0.15) is 0 Å². The van der Waals surface area contributed by atoms with E-state index in [9.17, 15) is 4.79 Å². The molecule has 0 amide bonds. The molecule has 150 valence electrons. The van der Waals surface area contributed by atoms with Gasteiger partial charge in [0.2, 0.25) is 0 Å². The number of nitrogens with zero attached hydrogens (tertiary/aromatic N) is 1. The maximum absolute atomic E-state index is 12.4. The highest BCUT2D eigenvalue weighted by Crippen LogP contribution is 2.29. The molecular formula is C25H22N2O3. The molecule has 0 unspecified atom stereocenters. The molecule has 0 atom stereocenters. The van der Waals surface area contributed by atoms with Gasteiger partial charge in [0.15, 0.2) is 0 Å². The SMILES string of the molecule is COc1ccc(-c2nc3ccccc3c(=O)[nH]2)cc1COc1ccc2c(c1)CCC2. The van der Waals surface area contributed by atoms with Crippen molar-refractivity contribution in [1.82, 2.24) is 9.97 Å². The minimum absolute atomic E-state index is 0.151. The number of ether oxygens (including phenoxy) is 2. The van der Waals surface area contributed by atoms with E-state index >= 15 is 0 Å². The van der Waals surface area contributed by atoms with Crippen LogP contribution in [0.15, 0.2) is 65.5 Å². The second-order valence-electron chi connectivity index (χ2n) is 7.53. The molecule has 0 radical (unpaired) electrons. The summed E-state index contributed by atoms with van der Waals surface area (Å²) in [5, 5.41) is 0.579. The number of rotatable bonds is 5. The molecular weight excluding hydrogens is 376 g/mol. The summed E-state index contributed by atoms with van der Waals surface area (Å²) >= 11 is 0. The van der Waals surface area contributed by atoms with Crippen LogP contribution >= 0.6 is 0 Å². The number of aromatic amines is 1. The lowest BCUT2D eigenvalue weighted by molar-refractivity contribution is 0.296. The van der Waals surface area contributed by atoms with Gasteiger partial charge in [0.05, 0.1) is 18.0 Å². The Bertz CT molecular complexity index is 1290. The molecule has 1 aliphatic rings. The fourth-order valence-corrected chi connectivity index (χ4v) is 4.06. The number of para-hydroxylation sites is 1. The van der Waals surface area contributed by atoms with E-state index < -0.39 is 0 Å². The number of H-pyrrole nitrogens is 1. The van der Waals surface area contributed by atoms with Gasteiger partial charge in [0.25, 0.3) is 5.56 Å². The summed E-state index contributed by atoms with van der Waals surface area (Å²) < 4.78 is 11.6. The lowest BCUT2D eigenvalue weighted by atomic mass is 10.1. The smallest absolute Gasteiger partial charge is 0.259 e. The summed E-state index contributed by atoms with van der Waals surface area (Å²) in [5.74, 6) is 2.13. The lowest BCUT2D eigenvalue weighted by Gasteiger charge is -2.13. The number of fused-ring (bicyclic) bond motifs is 2. The van der Waals surface area contributed by atoms with Gasteiger partial charge >= 0.3 is 0 Å². The van der Waals surface area contributed by atoms with Crippen LogP contribution in [0.3, 0.4) is 0 Å². The predicted octanol–water partition coefficient (Wildman–Crippen LogP) is 4.67. The summed E-state index contributed by atoms with van der Waals surface area (Å²) in [4.78, 5) is 19.9. The molecule has 1 N–H and O–H groups in total. The fraction of sp³-hybridized carbons (Fsp3) is 0.200. The van der Waals surface area contributed by atoms with Crippen molar-refractivity contribution in [2.75, 3.05) is 7.11 Å². The van der Waals surface area contributed by atoms with Crippen LogP contribution in [0.5, 0.6) is 11.5 Å². The number of aromatic nitrogens is 2. The molecule has 1 aliphatic carbocycles. The second kappa shape index (κ2) is 7.67. The third-order valence-corrected chi connectivity index (χ3v) is 5.63. The van der Waals surface area contributed by atoms with Gasteiger partial charge in [-0.1, -0.05) is 18.2 Å². The highest BCUT2D eigenvalue weighted by Gasteiger charge is 2.13. The standard InChI is InChI=1S/C25H22N2O3/c1-29-23-12-10-18(24-26-22-8-3-2-7-21(22)25(28)27-24)13-19(23)15-30-20-11-9-16-5-4-6-17(16)14-20/h2-3,7-14H,4-6,15H2,1H3,(H,26,27,28). The van der Waals surface area contributed by atoms with Gasteiger partial charge in [-0.25, -0.2) is 4.98 Å². The Hall–Kier alpha value is -3.60. The third-order valence-electron chi connectivity index (χ3n) is 5.63. The van der Waals surface area contributed by atoms with Crippen molar-refractivity contribution >= 4 is 10.9 Å². The van der Waals surface area contributed by atoms with Crippen molar-refractivity contribution in [2.24, 2.45) is 0 Å². The normalized spacial score (nSPS) is 12.7. The van der Waals surface area contributed by atoms with Crippen LogP contribution in [0.25, 0.3) is 22.3 Å². The molecule has 1 heterocycles. The summed E-state index contributed by atoms with van der Waals surface area (Å²) in [5.41, 5.74) is 5.03. The Balaban J connectivity index is 1.46. The average Bonchev–Trinajstić information content (AvgIpc) is 3.25. The quantitative estimate of drug-likeness (QED) is 0.531. The van der Waals surface area contributed by atoms with Crippen LogP contribution in [0.4, 0.5) is 0 Å². The summed E-state index contributed by atoms with van der Waals surface area (Å²) in [6.45, 7) is 0.369. The number of aryl methyl sites for hydroxylation is 2. The maximum atomic E-state index is 12.4. The molecule has 0 fully saturated rings. The van der Waals surface area contributed by atoms with Crippen molar-refractivity contribution in [1.29, 1.82) is 0 Å². The van der Waals surface area contributed by atoms with E-state index in [2.05, 4.69) is 22.1 Å². The molecule has 0 saturated heterocycles. The average molecular weight is 398 g/mol. The Kier molecular flexibility index (Phi) is 4.71. The van der Waals surface area contributed by atoms with Crippen LogP contribution in [0.1, 0.15) is 23.1 Å². The number of hydrogen-bond donors (Lipinski definition) is 1. The summed E-state index contributed by atoms with van der Waals surface area (Å²) in [7, 11) is 1.64. The van der Waals surface area contributed by atoms with E-state index in [-0.39, 0.29) is 5.56 Å². The van der Waals surface area contributed by atoms with E-state index in [1.165, 1.54) is 17.5 Å². The summed E-state index contributed by atoms with van der Waals surface area (Å²) in [6.07, 6.45) is 3.49. The number of nitrogens with one attached hydrogen (secondary N) is 1. The Morgan fingerprint density at radius 3 is 2.77 bits per heavy atom. The fourth-order valence-electron chi connectivity index (χ4n) is 4.06. The van der Waals surface area contributed by atoms with E-state index in [0.29, 0.717) is 23.3 Å². The van der Waals surface area contributed by atoms with E-state index in [1.807, 2.05) is 42.5 Å². The first kappa shape index (κ1) is 18.4. The Morgan fingerprint density at radius 1 is 1.00 bits per heavy atom. The second-order valence-corrected chi connectivity index (χ2v) is 7.53. The Labute approximate surface area is 174 Å². The first-order valence-corrected chi connectivity index (χ1v) is 10.1. The van der Waals surface area contributed by atoms with E-state index in [4.69, 9.17) is 9.47 Å². The molecule has 30 heavy (non-hydrogen) atoms. The number of hydrogen-bond acceptors (Lipinski definition) is 4. The molecule has 1 aromatic heterocycles. The van der Waals surface area contributed by atoms with Gasteiger partial charge in [-0.15, -0.1) is 0 Å². The molecule has 0 saturated carbocycles. The molecule has 0 aliphatic heterocycles. The topological polar surface area (TPSA) is 64.2 Å². The van der Waals surface area contributed by atoms with Crippen LogP contribution in [-0.4, -0.2) is 17.1 Å². The van der Waals surface area contributed by atoms with Gasteiger partial charge in [-0.05, 0) is 72.9 Å². The molecule has 4 aromatic rings. The van der Waals surface area contributed by atoms with Crippen LogP contribution in [0.2, 0.25) is 0 Å². The molecule has 3 aromatic carbocycles. The van der Waals surface area contributed by atoms with Crippen molar-refractivity contribution in [3.63, 3.8) is 0 Å². The zero-order chi connectivity index (χ0) is 20.5. The van der Waals surface area contributed by atoms with Crippen LogP contribution in [-0.2, 0) is 19.4 Å². The van der Waals surface area contributed by atoms with E-state index in [1.54, 1.807) is 13.2 Å². The van der Waals surface area contributed by atoms with Crippen LogP contribution < -0.4 is 15.0 Å². The monoisotopic (exact) mass is 398 g/mol. The highest BCUT2D eigenvalue weighted by molar-refractivity contribution is 5.79. The minimum atomic E-state index is -0.151. The highest BCUT2D eigenvalue weighted by atomic mass is 16.5. The number of methoxy groups -OCH3 is 1. The van der Waals surface area contributed by atoms with Gasteiger partial charge < -0.3 is 14.5 Å².